The average molecular weight is 631 g/mol. The summed E-state index contributed by atoms with van der Waals surface area (Å²) < 4.78 is 28.5. The molecule has 1 atom stereocenters. The van der Waals surface area contributed by atoms with Crippen LogP contribution in [0.5, 0.6) is 0 Å². The molecule has 0 bridgehead atoms. The number of halogens is 4. The second kappa shape index (κ2) is 13.7. The summed E-state index contributed by atoms with van der Waals surface area (Å²) in [5, 5.41) is 3.54. The van der Waals surface area contributed by atoms with Crippen LogP contribution in [0.4, 0.5) is 5.69 Å². The summed E-state index contributed by atoms with van der Waals surface area (Å²) in [7, 11) is -4.27. The maximum Gasteiger partial charge on any atom is 0.264 e. The van der Waals surface area contributed by atoms with E-state index >= 15 is 0 Å². The summed E-state index contributed by atoms with van der Waals surface area (Å²) in [6, 6.07) is 16.1. The van der Waals surface area contributed by atoms with Crippen LogP contribution in [0.2, 0.25) is 20.1 Å². The Morgan fingerprint density at radius 3 is 2.21 bits per heavy atom. The average Bonchev–Trinajstić information content (AvgIpc) is 2.90. The molecule has 0 fully saturated rings. The molecule has 0 aromatic heterocycles. The van der Waals surface area contributed by atoms with Crippen molar-refractivity contribution in [2.75, 3.05) is 17.4 Å². The van der Waals surface area contributed by atoms with E-state index in [2.05, 4.69) is 5.32 Å². The molecule has 39 heavy (non-hydrogen) atoms. The van der Waals surface area contributed by atoms with Crippen LogP contribution in [0.1, 0.15) is 25.8 Å². The highest BCUT2D eigenvalue weighted by molar-refractivity contribution is 7.92. The van der Waals surface area contributed by atoms with Crippen molar-refractivity contribution in [3.05, 3.63) is 92.4 Å². The monoisotopic (exact) mass is 629 g/mol. The Bertz CT molecular complexity index is 1440. The standard InChI is InChI=1S/C27H27Cl4N3O4S/c1-3-23(27(36)32-4-2)33(16-18-13-14-19(28)15-22(18)30)25(35)17-34(24-12-8-11-21(29)26(24)31)39(37,38)20-9-6-5-7-10-20/h5-15,23H,3-4,16-17H2,1-2H3,(H,32,36)/t23-/m0/s1. The first-order valence-electron chi connectivity index (χ1n) is 12.0. The molecule has 0 radical (unpaired) electrons. The van der Waals surface area contributed by atoms with Crippen molar-refractivity contribution in [3.63, 3.8) is 0 Å². The fourth-order valence-electron chi connectivity index (χ4n) is 3.96. The number of carbonyl (C=O) groups is 2. The molecule has 3 rings (SSSR count). The van der Waals surface area contributed by atoms with Gasteiger partial charge in [0.25, 0.3) is 10.0 Å². The van der Waals surface area contributed by atoms with Crippen molar-refractivity contribution in [1.29, 1.82) is 0 Å². The predicted octanol–water partition coefficient (Wildman–Crippen LogP) is 6.44. The molecule has 1 N–H and O–H groups in total. The van der Waals surface area contributed by atoms with Crippen LogP contribution in [-0.2, 0) is 26.2 Å². The van der Waals surface area contributed by atoms with Gasteiger partial charge in [0, 0.05) is 23.1 Å². The lowest BCUT2D eigenvalue weighted by Crippen LogP contribution is -2.52. The zero-order valence-corrected chi connectivity index (χ0v) is 25.0. The first-order chi connectivity index (χ1) is 18.5. The normalized spacial score (nSPS) is 12.1. The van der Waals surface area contributed by atoms with E-state index in [0.29, 0.717) is 22.2 Å². The van der Waals surface area contributed by atoms with Gasteiger partial charge in [-0.2, -0.15) is 0 Å². The fourth-order valence-corrected chi connectivity index (χ4v) is 6.33. The van der Waals surface area contributed by atoms with E-state index in [1.54, 1.807) is 44.2 Å². The number of nitrogens with one attached hydrogen (secondary N) is 1. The number of sulfonamides is 1. The Balaban J connectivity index is 2.11. The smallest absolute Gasteiger partial charge is 0.264 e. The molecule has 12 heteroatoms. The Hall–Kier alpha value is -2.49. The van der Waals surface area contributed by atoms with Crippen molar-refractivity contribution in [2.24, 2.45) is 0 Å². The molecule has 3 aromatic carbocycles. The van der Waals surface area contributed by atoms with Crippen molar-refractivity contribution in [1.82, 2.24) is 10.2 Å². The molecule has 2 amide bonds. The largest absolute Gasteiger partial charge is 0.355 e. The molecule has 0 aliphatic rings. The van der Waals surface area contributed by atoms with Crippen LogP contribution in [0.15, 0.2) is 71.6 Å². The lowest BCUT2D eigenvalue weighted by molar-refractivity contribution is -0.140. The molecule has 3 aromatic rings. The first-order valence-corrected chi connectivity index (χ1v) is 15.0. The van der Waals surface area contributed by atoms with E-state index in [-0.39, 0.29) is 39.5 Å². The number of likely N-dealkylation sites (N-methyl/N-ethyl adjacent to an activating group) is 1. The van der Waals surface area contributed by atoms with Crippen LogP contribution in [0.3, 0.4) is 0 Å². The van der Waals surface area contributed by atoms with E-state index in [4.69, 9.17) is 46.4 Å². The topological polar surface area (TPSA) is 86.8 Å². The summed E-state index contributed by atoms with van der Waals surface area (Å²) in [6.07, 6.45) is 0.270. The Labute approximate surface area is 248 Å². The Morgan fingerprint density at radius 2 is 1.59 bits per heavy atom. The number of benzene rings is 3. The summed E-state index contributed by atoms with van der Waals surface area (Å²) in [4.78, 5) is 28.2. The predicted molar refractivity (Wildman–Crippen MR) is 157 cm³/mol. The molecule has 0 unspecified atom stereocenters. The number of amides is 2. The van der Waals surface area contributed by atoms with Gasteiger partial charge in [0.05, 0.1) is 20.6 Å². The third-order valence-electron chi connectivity index (χ3n) is 5.90. The minimum absolute atomic E-state index is 0.0249. The van der Waals surface area contributed by atoms with Gasteiger partial charge in [0.15, 0.2) is 0 Å². The summed E-state index contributed by atoms with van der Waals surface area (Å²) in [5.74, 6) is -1.02. The SMILES string of the molecule is CCNC(=O)[C@H](CC)N(Cc1ccc(Cl)cc1Cl)C(=O)CN(c1cccc(Cl)c1Cl)S(=O)(=O)c1ccccc1. The molecule has 0 spiro atoms. The van der Waals surface area contributed by atoms with Gasteiger partial charge >= 0.3 is 0 Å². The van der Waals surface area contributed by atoms with Gasteiger partial charge in [-0.3, -0.25) is 13.9 Å². The maximum absolute atomic E-state index is 14.0. The van der Waals surface area contributed by atoms with E-state index in [1.807, 2.05) is 0 Å². The number of hydrogen-bond donors (Lipinski definition) is 1. The second-order valence-corrected chi connectivity index (χ2v) is 12.0. The highest BCUT2D eigenvalue weighted by Gasteiger charge is 2.34. The highest BCUT2D eigenvalue weighted by atomic mass is 35.5. The maximum atomic E-state index is 14.0. The quantitative estimate of drug-likeness (QED) is 0.264. The summed E-state index contributed by atoms with van der Waals surface area (Å²) in [5.41, 5.74) is 0.562. The molecule has 0 saturated carbocycles. The zero-order valence-electron chi connectivity index (χ0n) is 21.2. The van der Waals surface area contributed by atoms with Crippen molar-refractivity contribution < 1.29 is 18.0 Å². The van der Waals surface area contributed by atoms with Crippen LogP contribution in [-0.4, -0.2) is 44.3 Å². The summed E-state index contributed by atoms with van der Waals surface area (Å²) in [6.45, 7) is 3.16. The number of rotatable bonds is 11. The van der Waals surface area contributed by atoms with Gasteiger partial charge in [-0.25, -0.2) is 8.42 Å². The van der Waals surface area contributed by atoms with Crippen LogP contribution in [0, 0.1) is 0 Å². The third kappa shape index (κ3) is 7.38. The molecule has 0 saturated heterocycles. The minimum atomic E-state index is -4.27. The van der Waals surface area contributed by atoms with E-state index in [1.165, 1.54) is 41.3 Å². The molecular formula is C27H27Cl4N3O4S. The van der Waals surface area contributed by atoms with E-state index in [0.717, 1.165) is 4.31 Å². The fraction of sp³-hybridized carbons (Fsp3) is 0.259. The molecule has 7 nitrogen and oxygen atoms in total. The van der Waals surface area contributed by atoms with Gasteiger partial charge in [-0.05, 0) is 55.3 Å². The van der Waals surface area contributed by atoms with Gasteiger partial charge in [0.2, 0.25) is 11.8 Å². The molecular weight excluding hydrogens is 604 g/mol. The number of hydrogen-bond acceptors (Lipinski definition) is 4. The lowest BCUT2D eigenvalue weighted by Gasteiger charge is -2.33. The summed E-state index contributed by atoms with van der Waals surface area (Å²) >= 11 is 25.1. The minimum Gasteiger partial charge on any atom is -0.355 e. The Morgan fingerprint density at radius 1 is 0.897 bits per heavy atom. The van der Waals surface area contributed by atoms with Crippen LogP contribution >= 0.6 is 46.4 Å². The lowest BCUT2D eigenvalue weighted by atomic mass is 10.1. The van der Waals surface area contributed by atoms with Crippen LogP contribution in [0.25, 0.3) is 0 Å². The number of carbonyl (C=O) groups excluding carboxylic acids is 2. The molecule has 0 aliphatic heterocycles. The molecule has 0 aliphatic carbocycles. The Kier molecular flexibility index (Phi) is 10.9. The molecule has 0 heterocycles. The first kappa shape index (κ1) is 31.0. The number of anilines is 1. The molecule has 208 valence electrons. The van der Waals surface area contributed by atoms with Gasteiger partial charge < -0.3 is 10.2 Å². The van der Waals surface area contributed by atoms with Gasteiger partial charge in [0.1, 0.15) is 12.6 Å². The van der Waals surface area contributed by atoms with E-state index in [9.17, 15) is 18.0 Å². The van der Waals surface area contributed by atoms with E-state index < -0.39 is 28.5 Å². The van der Waals surface area contributed by atoms with Gasteiger partial charge in [-0.1, -0.05) is 83.7 Å². The van der Waals surface area contributed by atoms with Crippen molar-refractivity contribution in [2.45, 2.75) is 37.8 Å². The number of nitrogens with zero attached hydrogens (tertiary/aromatic N) is 2. The second-order valence-electron chi connectivity index (χ2n) is 8.47. The van der Waals surface area contributed by atoms with Crippen LogP contribution < -0.4 is 9.62 Å². The third-order valence-corrected chi connectivity index (χ3v) is 9.07. The highest BCUT2D eigenvalue weighted by Crippen LogP contribution is 2.35. The van der Waals surface area contributed by atoms with Crippen molar-refractivity contribution >= 4 is 73.9 Å². The van der Waals surface area contributed by atoms with Gasteiger partial charge in [-0.15, -0.1) is 0 Å². The zero-order chi connectivity index (χ0) is 28.7. The van der Waals surface area contributed by atoms with Crippen molar-refractivity contribution in [3.8, 4) is 0 Å².